The normalized spacial score (nSPS) is 12.0. The molecule has 3 heteroatoms. The van der Waals surface area contributed by atoms with Crippen LogP contribution in [0.15, 0.2) is 23.3 Å². The van der Waals surface area contributed by atoms with Gasteiger partial charge in [0, 0.05) is 19.5 Å². The predicted molar refractivity (Wildman–Crippen MR) is 68.3 cm³/mol. The van der Waals surface area contributed by atoms with Gasteiger partial charge in [-0.3, -0.25) is 0 Å². The minimum absolute atomic E-state index is 0.232. The van der Waals surface area contributed by atoms with Crippen LogP contribution >= 0.6 is 15.9 Å². The molecule has 88 valence electrons. The molecule has 0 aromatic heterocycles. The minimum atomic E-state index is -0.232. The van der Waals surface area contributed by atoms with Gasteiger partial charge >= 0.3 is 0 Å². The van der Waals surface area contributed by atoms with Crippen molar-refractivity contribution in [3.8, 4) is 0 Å². The molecule has 0 amide bonds. The Bertz CT molecular complexity index is 214. The quantitative estimate of drug-likeness (QED) is 0.401. The van der Waals surface area contributed by atoms with Crippen LogP contribution in [0, 0.1) is 0 Å². The Hall–Kier alpha value is -0.120. The molecule has 0 unspecified atom stereocenters. The molecule has 0 bridgehead atoms. The first-order chi connectivity index (χ1) is 7.13. The molecule has 0 N–H and O–H groups in total. The van der Waals surface area contributed by atoms with E-state index in [1.165, 1.54) is 11.1 Å². The summed E-state index contributed by atoms with van der Waals surface area (Å²) in [4.78, 5) is 0. The molecule has 0 aromatic carbocycles. The third kappa shape index (κ3) is 7.77. The molecule has 0 rings (SSSR count). The highest BCUT2D eigenvalue weighted by Gasteiger charge is 2.02. The van der Waals surface area contributed by atoms with Gasteiger partial charge in [0.15, 0.2) is 6.29 Å². The van der Waals surface area contributed by atoms with Crippen LogP contribution in [-0.4, -0.2) is 25.8 Å². The number of hydrogen-bond acceptors (Lipinski definition) is 2. The topological polar surface area (TPSA) is 18.5 Å². The van der Waals surface area contributed by atoms with Crippen LogP contribution < -0.4 is 0 Å². The first-order valence-electron chi connectivity index (χ1n) is 5.08. The second-order valence-electron chi connectivity index (χ2n) is 3.62. The van der Waals surface area contributed by atoms with E-state index in [1.54, 1.807) is 14.2 Å². The monoisotopic (exact) mass is 276 g/mol. The van der Waals surface area contributed by atoms with Crippen molar-refractivity contribution in [2.75, 3.05) is 19.5 Å². The number of alkyl halides is 1. The van der Waals surface area contributed by atoms with Crippen molar-refractivity contribution in [3.63, 3.8) is 0 Å². The first kappa shape index (κ1) is 14.9. The van der Waals surface area contributed by atoms with Crippen LogP contribution in [0.2, 0.25) is 0 Å². The molecular formula is C12H21BrO2. The van der Waals surface area contributed by atoms with Crippen molar-refractivity contribution in [1.82, 2.24) is 0 Å². The SMILES string of the molecule is COC(/C=C(/CBr)CCC=C(C)C)OC. The lowest BCUT2D eigenvalue weighted by molar-refractivity contribution is -0.0671. The molecule has 0 saturated carbocycles. The molecule has 0 fully saturated rings. The number of rotatable bonds is 7. The van der Waals surface area contributed by atoms with E-state index in [1.807, 2.05) is 6.08 Å². The van der Waals surface area contributed by atoms with Crippen LogP contribution in [0.3, 0.4) is 0 Å². The van der Waals surface area contributed by atoms with E-state index < -0.39 is 0 Å². The second-order valence-corrected chi connectivity index (χ2v) is 4.18. The maximum atomic E-state index is 5.12. The van der Waals surface area contributed by atoms with E-state index in [0.717, 1.165) is 18.2 Å². The Labute approximate surface area is 101 Å². The average molecular weight is 277 g/mol. The standard InChI is InChI=1S/C12H21BrO2/c1-10(2)6-5-7-11(9-13)8-12(14-3)15-4/h6,8,12H,5,7,9H2,1-4H3/b11-8+. The Morgan fingerprint density at radius 3 is 2.27 bits per heavy atom. The van der Waals surface area contributed by atoms with Crippen molar-refractivity contribution in [1.29, 1.82) is 0 Å². The fourth-order valence-electron chi connectivity index (χ4n) is 1.17. The van der Waals surface area contributed by atoms with Crippen LogP contribution in [0.5, 0.6) is 0 Å². The van der Waals surface area contributed by atoms with Gasteiger partial charge in [-0.05, 0) is 32.8 Å². The molecular weight excluding hydrogens is 256 g/mol. The van der Waals surface area contributed by atoms with E-state index >= 15 is 0 Å². The molecule has 0 aromatic rings. The molecule has 0 radical (unpaired) electrons. The summed E-state index contributed by atoms with van der Waals surface area (Å²) in [5.41, 5.74) is 2.67. The van der Waals surface area contributed by atoms with Crippen molar-refractivity contribution in [2.24, 2.45) is 0 Å². The highest BCUT2D eigenvalue weighted by molar-refractivity contribution is 9.09. The summed E-state index contributed by atoms with van der Waals surface area (Å²) < 4.78 is 10.2. The molecule has 0 aliphatic heterocycles. The third-order valence-corrected chi connectivity index (χ3v) is 2.75. The van der Waals surface area contributed by atoms with Crippen molar-refractivity contribution in [2.45, 2.75) is 33.0 Å². The zero-order chi connectivity index (χ0) is 11.7. The van der Waals surface area contributed by atoms with Crippen molar-refractivity contribution in [3.05, 3.63) is 23.3 Å². The van der Waals surface area contributed by atoms with E-state index in [9.17, 15) is 0 Å². The molecule has 15 heavy (non-hydrogen) atoms. The first-order valence-corrected chi connectivity index (χ1v) is 6.20. The van der Waals surface area contributed by atoms with Gasteiger partial charge in [0.05, 0.1) is 0 Å². The third-order valence-electron chi connectivity index (χ3n) is 2.03. The lowest BCUT2D eigenvalue weighted by Crippen LogP contribution is -2.10. The Morgan fingerprint density at radius 2 is 1.87 bits per heavy atom. The lowest BCUT2D eigenvalue weighted by atomic mass is 10.1. The number of methoxy groups -OCH3 is 2. The molecule has 0 aliphatic rings. The van der Waals surface area contributed by atoms with Crippen LogP contribution in [0.1, 0.15) is 26.7 Å². The Balaban J connectivity index is 4.16. The van der Waals surface area contributed by atoms with E-state index in [-0.39, 0.29) is 6.29 Å². The van der Waals surface area contributed by atoms with Crippen molar-refractivity contribution < 1.29 is 9.47 Å². The Kier molecular flexibility index (Phi) is 9.06. The highest BCUT2D eigenvalue weighted by Crippen LogP contribution is 2.12. The molecule has 0 aliphatic carbocycles. The molecule has 0 spiro atoms. The molecule has 0 saturated heterocycles. The summed E-state index contributed by atoms with van der Waals surface area (Å²) in [5.74, 6) is 0. The van der Waals surface area contributed by atoms with Gasteiger partial charge < -0.3 is 9.47 Å². The minimum Gasteiger partial charge on any atom is -0.352 e. The van der Waals surface area contributed by atoms with Crippen LogP contribution in [0.4, 0.5) is 0 Å². The summed E-state index contributed by atoms with van der Waals surface area (Å²) in [6, 6.07) is 0. The Morgan fingerprint density at radius 1 is 1.27 bits per heavy atom. The fourth-order valence-corrected chi connectivity index (χ4v) is 1.63. The summed E-state index contributed by atoms with van der Waals surface area (Å²) in [6.45, 7) is 4.23. The molecule has 0 atom stereocenters. The van der Waals surface area contributed by atoms with Crippen LogP contribution in [-0.2, 0) is 9.47 Å². The van der Waals surface area contributed by atoms with Gasteiger partial charge in [-0.25, -0.2) is 0 Å². The van der Waals surface area contributed by atoms with Gasteiger partial charge in [0.2, 0.25) is 0 Å². The summed E-state index contributed by atoms with van der Waals surface area (Å²) in [6.07, 6.45) is 6.14. The van der Waals surface area contributed by atoms with Gasteiger partial charge in [-0.1, -0.05) is 33.2 Å². The maximum absolute atomic E-state index is 5.12. The van der Waals surface area contributed by atoms with Crippen molar-refractivity contribution >= 4 is 15.9 Å². The van der Waals surface area contributed by atoms with Gasteiger partial charge in [0.1, 0.15) is 0 Å². The van der Waals surface area contributed by atoms with E-state index in [0.29, 0.717) is 0 Å². The summed E-state index contributed by atoms with van der Waals surface area (Å²) in [7, 11) is 3.29. The maximum Gasteiger partial charge on any atom is 0.176 e. The second kappa shape index (κ2) is 9.13. The van der Waals surface area contributed by atoms with E-state index in [2.05, 4.69) is 35.9 Å². The lowest BCUT2D eigenvalue weighted by Gasteiger charge is -2.10. The van der Waals surface area contributed by atoms with Gasteiger partial charge in [-0.2, -0.15) is 0 Å². The van der Waals surface area contributed by atoms with Crippen LogP contribution in [0.25, 0.3) is 0 Å². The van der Waals surface area contributed by atoms with Gasteiger partial charge in [-0.15, -0.1) is 0 Å². The number of ether oxygens (including phenoxy) is 2. The van der Waals surface area contributed by atoms with E-state index in [4.69, 9.17) is 9.47 Å². The molecule has 0 heterocycles. The number of hydrogen-bond donors (Lipinski definition) is 0. The number of allylic oxidation sites excluding steroid dienone is 3. The highest BCUT2D eigenvalue weighted by atomic mass is 79.9. The molecule has 2 nitrogen and oxygen atoms in total. The number of halogens is 1. The predicted octanol–water partition coefficient (Wildman–Crippen LogP) is 3.67. The smallest absolute Gasteiger partial charge is 0.176 e. The summed E-state index contributed by atoms with van der Waals surface area (Å²) >= 11 is 3.47. The zero-order valence-corrected chi connectivity index (χ0v) is 11.6. The fraction of sp³-hybridized carbons (Fsp3) is 0.667. The summed E-state index contributed by atoms with van der Waals surface area (Å²) in [5, 5.41) is 0.868. The zero-order valence-electron chi connectivity index (χ0n) is 10.0. The van der Waals surface area contributed by atoms with Gasteiger partial charge in [0.25, 0.3) is 0 Å². The average Bonchev–Trinajstić information content (AvgIpc) is 2.22. The largest absolute Gasteiger partial charge is 0.352 e.